The quantitative estimate of drug-likeness (QED) is 0.751. The molecule has 2 heteroatoms. The molecule has 0 aliphatic rings. The molecule has 0 aliphatic carbocycles. The highest BCUT2D eigenvalue weighted by molar-refractivity contribution is 6.33. The summed E-state index contributed by atoms with van der Waals surface area (Å²) < 4.78 is 0. The molecule has 0 spiro atoms. The van der Waals surface area contributed by atoms with E-state index in [0.717, 1.165) is 17.8 Å². The summed E-state index contributed by atoms with van der Waals surface area (Å²) in [4.78, 5) is 3.32. The van der Waals surface area contributed by atoms with Gasteiger partial charge in [0.1, 0.15) is 7.85 Å². The average Bonchev–Trinajstić information content (AvgIpc) is 2.69. The van der Waals surface area contributed by atoms with Crippen LogP contribution in [0.15, 0.2) is 24.4 Å². The molecule has 88 valence electrons. The molecule has 1 nitrogen and oxygen atoms in total. The summed E-state index contributed by atoms with van der Waals surface area (Å²) in [5.41, 5.74) is 3.44. The van der Waals surface area contributed by atoms with E-state index >= 15 is 0 Å². The van der Waals surface area contributed by atoms with E-state index in [-0.39, 0.29) is 0 Å². The van der Waals surface area contributed by atoms with E-state index in [1.54, 1.807) is 0 Å². The third kappa shape index (κ3) is 2.93. The number of aromatic amines is 1. The molecular formula is C15H20BN. The molecule has 0 aliphatic heterocycles. The normalized spacial score (nSPS) is 13.1. The molecule has 0 unspecified atom stereocenters. The van der Waals surface area contributed by atoms with Crippen LogP contribution >= 0.6 is 0 Å². The van der Waals surface area contributed by atoms with Gasteiger partial charge in [-0.05, 0) is 24.0 Å². The van der Waals surface area contributed by atoms with Gasteiger partial charge in [-0.2, -0.15) is 0 Å². The molecule has 0 bridgehead atoms. The summed E-state index contributed by atoms with van der Waals surface area (Å²) in [5, 5.41) is 1.29. The number of unbranched alkanes of at least 4 members (excludes halogenated alkanes) is 1. The lowest BCUT2D eigenvalue weighted by Gasteiger charge is -2.09. The standard InChI is InChI=1S/C15H20BN/c1-3-4-5-11(2)8-12-10-17-15-7-6-13(16)9-14(12)15/h6-7,9-11,17H,3-5,8H2,1-2H3/t11-/m1/s1. The van der Waals surface area contributed by atoms with Gasteiger partial charge in [0.15, 0.2) is 0 Å². The van der Waals surface area contributed by atoms with Crippen molar-refractivity contribution in [3.8, 4) is 0 Å². The van der Waals surface area contributed by atoms with Crippen LogP contribution in [0.2, 0.25) is 0 Å². The van der Waals surface area contributed by atoms with Gasteiger partial charge in [-0.25, -0.2) is 0 Å². The highest BCUT2D eigenvalue weighted by Gasteiger charge is 2.08. The summed E-state index contributed by atoms with van der Waals surface area (Å²) in [6, 6.07) is 6.09. The molecule has 2 radical (unpaired) electrons. The van der Waals surface area contributed by atoms with Crippen molar-refractivity contribution >= 4 is 24.2 Å². The van der Waals surface area contributed by atoms with E-state index in [9.17, 15) is 0 Å². The minimum atomic E-state index is 0.746. The van der Waals surface area contributed by atoms with Crippen molar-refractivity contribution < 1.29 is 0 Å². The Labute approximate surface area is 105 Å². The first-order chi connectivity index (χ1) is 8.20. The fourth-order valence-corrected chi connectivity index (χ4v) is 2.39. The van der Waals surface area contributed by atoms with Crippen molar-refractivity contribution in [1.29, 1.82) is 0 Å². The third-order valence-electron chi connectivity index (χ3n) is 3.41. The van der Waals surface area contributed by atoms with Gasteiger partial charge in [-0.1, -0.05) is 50.7 Å². The van der Waals surface area contributed by atoms with E-state index in [1.165, 1.54) is 35.7 Å². The van der Waals surface area contributed by atoms with E-state index in [4.69, 9.17) is 7.85 Å². The van der Waals surface area contributed by atoms with E-state index in [1.807, 2.05) is 6.07 Å². The Bertz CT molecular complexity index is 487. The molecular weight excluding hydrogens is 205 g/mol. The second-order valence-corrected chi connectivity index (χ2v) is 5.07. The summed E-state index contributed by atoms with van der Waals surface area (Å²) in [7, 11) is 5.85. The first kappa shape index (κ1) is 12.3. The zero-order chi connectivity index (χ0) is 12.3. The van der Waals surface area contributed by atoms with Crippen LogP contribution in [0.1, 0.15) is 38.7 Å². The summed E-state index contributed by atoms with van der Waals surface area (Å²) in [6.07, 6.45) is 7.19. The Morgan fingerprint density at radius 2 is 2.18 bits per heavy atom. The van der Waals surface area contributed by atoms with Crippen LogP contribution in [-0.4, -0.2) is 12.8 Å². The van der Waals surface area contributed by atoms with Gasteiger partial charge in [-0.15, -0.1) is 0 Å². The van der Waals surface area contributed by atoms with Gasteiger partial charge in [0.05, 0.1) is 0 Å². The van der Waals surface area contributed by atoms with Gasteiger partial charge in [0, 0.05) is 17.1 Å². The Balaban J connectivity index is 2.15. The molecule has 17 heavy (non-hydrogen) atoms. The number of rotatable bonds is 5. The fraction of sp³-hybridized carbons (Fsp3) is 0.467. The zero-order valence-corrected chi connectivity index (χ0v) is 10.8. The summed E-state index contributed by atoms with van der Waals surface area (Å²) in [6.45, 7) is 4.58. The van der Waals surface area contributed by atoms with Crippen molar-refractivity contribution in [2.75, 3.05) is 0 Å². The maximum atomic E-state index is 5.85. The molecule has 0 amide bonds. The molecule has 1 heterocycles. The summed E-state index contributed by atoms with van der Waals surface area (Å²) >= 11 is 0. The largest absolute Gasteiger partial charge is 0.361 e. The van der Waals surface area contributed by atoms with E-state index in [0.29, 0.717) is 0 Å². The number of aromatic nitrogens is 1. The lowest BCUT2D eigenvalue weighted by atomic mass is 9.91. The Hall–Kier alpha value is -1.18. The van der Waals surface area contributed by atoms with Crippen molar-refractivity contribution in [2.24, 2.45) is 5.92 Å². The monoisotopic (exact) mass is 225 g/mol. The second kappa shape index (κ2) is 5.44. The number of H-pyrrole nitrogens is 1. The maximum absolute atomic E-state index is 5.85. The molecule has 2 rings (SSSR count). The molecule has 0 fully saturated rings. The SMILES string of the molecule is [B]c1ccc2[nH]cc(C[C@H](C)CCCC)c2c1. The maximum Gasteiger partial charge on any atom is 0.113 e. The van der Waals surface area contributed by atoms with Crippen molar-refractivity contribution in [3.63, 3.8) is 0 Å². The number of nitrogens with one attached hydrogen (secondary N) is 1. The minimum Gasteiger partial charge on any atom is -0.361 e. The zero-order valence-electron chi connectivity index (χ0n) is 10.8. The van der Waals surface area contributed by atoms with E-state index < -0.39 is 0 Å². The molecule has 2 aromatic rings. The second-order valence-electron chi connectivity index (χ2n) is 5.07. The lowest BCUT2D eigenvalue weighted by molar-refractivity contribution is 0.505. The van der Waals surface area contributed by atoms with Crippen molar-refractivity contribution in [3.05, 3.63) is 30.0 Å². The first-order valence-electron chi connectivity index (χ1n) is 6.56. The molecule has 1 aromatic heterocycles. The van der Waals surface area contributed by atoms with Crippen LogP contribution in [0.25, 0.3) is 10.9 Å². The van der Waals surface area contributed by atoms with Crippen LogP contribution in [-0.2, 0) is 6.42 Å². The van der Waals surface area contributed by atoms with Crippen molar-refractivity contribution in [2.45, 2.75) is 39.5 Å². The Morgan fingerprint density at radius 1 is 1.35 bits per heavy atom. The Kier molecular flexibility index (Phi) is 3.93. The topological polar surface area (TPSA) is 15.8 Å². The molecule has 0 saturated heterocycles. The minimum absolute atomic E-state index is 0.746. The highest BCUT2D eigenvalue weighted by atomic mass is 14.7. The molecule has 0 saturated carbocycles. The van der Waals surface area contributed by atoms with Crippen LogP contribution in [0.3, 0.4) is 0 Å². The Morgan fingerprint density at radius 3 is 2.94 bits per heavy atom. The van der Waals surface area contributed by atoms with Crippen LogP contribution in [0, 0.1) is 5.92 Å². The number of hydrogen-bond donors (Lipinski definition) is 1. The molecule has 1 aromatic carbocycles. The van der Waals surface area contributed by atoms with Crippen LogP contribution < -0.4 is 5.46 Å². The predicted octanol–water partition coefficient (Wildman–Crippen LogP) is 3.33. The number of fused-ring (bicyclic) bond motifs is 1. The number of benzene rings is 1. The van der Waals surface area contributed by atoms with Gasteiger partial charge in [-0.3, -0.25) is 0 Å². The van der Waals surface area contributed by atoms with Gasteiger partial charge < -0.3 is 4.98 Å². The van der Waals surface area contributed by atoms with Gasteiger partial charge >= 0.3 is 0 Å². The van der Waals surface area contributed by atoms with Crippen LogP contribution in [0.5, 0.6) is 0 Å². The van der Waals surface area contributed by atoms with Gasteiger partial charge in [0.2, 0.25) is 0 Å². The molecule has 1 N–H and O–H groups in total. The summed E-state index contributed by atoms with van der Waals surface area (Å²) in [5.74, 6) is 0.746. The van der Waals surface area contributed by atoms with Crippen LogP contribution in [0.4, 0.5) is 0 Å². The molecule has 1 atom stereocenters. The number of hydrogen-bond acceptors (Lipinski definition) is 0. The van der Waals surface area contributed by atoms with Crippen molar-refractivity contribution in [1.82, 2.24) is 4.98 Å². The highest BCUT2D eigenvalue weighted by Crippen LogP contribution is 2.22. The third-order valence-corrected chi connectivity index (χ3v) is 3.41. The first-order valence-corrected chi connectivity index (χ1v) is 6.56. The predicted molar refractivity (Wildman–Crippen MR) is 76.1 cm³/mol. The average molecular weight is 225 g/mol. The van der Waals surface area contributed by atoms with Gasteiger partial charge in [0.25, 0.3) is 0 Å². The van der Waals surface area contributed by atoms with E-state index in [2.05, 4.69) is 37.2 Å². The lowest BCUT2D eigenvalue weighted by Crippen LogP contribution is -2.02. The fourth-order valence-electron chi connectivity index (χ4n) is 2.39. The smallest absolute Gasteiger partial charge is 0.113 e.